The van der Waals surface area contributed by atoms with Gasteiger partial charge in [-0.2, -0.15) is 0 Å². The molecule has 11 heteroatoms. The number of amides is 1. The Kier molecular flexibility index (Phi) is 13.3. The molecule has 0 bridgehead atoms. The second-order valence-electron chi connectivity index (χ2n) is 5.65. The van der Waals surface area contributed by atoms with Crippen molar-refractivity contribution in [3.05, 3.63) is 0 Å². The molecule has 0 aromatic rings. The van der Waals surface area contributed by atoms with Crippen molar-refractivity contribution in [1.29, 1.82) is 0 Å². The Morgan fingerprint density at radius 3 is 2.00 bits per heavy atom. The summed E-state index contributed by atoms with van der Waals surface area (Å²) < 4.78 is 30.1. The quantitative estimate of drug-likeness (QED) is 0.171. The van der Waals surface area contributed by atoms with Crippen molar-refractivity contribution in [3.8, 4) is 0 Å². The van der Waals surface area contributed by atoms with E-state index in [9.17, 15) is 13.2 Å². The number of hydrogen-bond acceptors (Lipinski definition) is 5. The van der Waals surface area contributed by atoms with Crippen molar-refractivity contribution in [2.75, 3.05) is 39.0 Å². The first kappa shape index (κ1) is 25.4. The number of aliphatic imine (C=N–C) groups is 1. The van der Waals surface area contributed by atoms with Crippen molar-refractivity contribution in [3.63, 3.8) is 0 Å². The van der Waals surface area contributed by atoms with Crippen LogP contribution in [-0.2, 0) is 14.8 Å². The Balaban J connectivity index is 0. The summed E-state index contributed by atoms with van der Waals surface area (Å²) in [4.78, 5) is 15.4. The molecule has 4 N–H and O–H groups in total. The molecule has 9 nitrogen and oxygen atoms in total. The molecule has 0 saturated heterocycles. The topological polar surface area (TPSA) is 121 Å². The molecule has 0 rings (SSSR count). The minimum atomic E-state index is -3.18. The Bertz CT molecular complexity index is 491. The van der Waals surface area contributed by atoms with Crippen LogP contribution in [0.3, 0.4) is 0 Å². The van der Waals surface area contributed by atoms with Gasteiger partial charge in [0, 0.05) is 33.2 Å². The van der Waals surface area contributed by atoms with E-state index < -0.39 is 21.7 Å². The molecule has 0 aromatic carbocycles. The van der Waals surface area contributed by atoms with Crippen LogP contribution in [0.1, 0.15) is 27.7 Å². The van der Waals surface area contributed by atoms with E-state index in [2.05, 4.69) is 25.7 Å². The second kappa shape index (κ2) is 12.5. The molecule has 0 radical (unpaired) electrons. The van der Waals surface area contributed by atoms with E-state index in [0.29, 0.717) is 25.6 Å². The van der Waals surface area contributed by atoms with Crippen molar-refractivity contribution >= 4 is 46.1 Å². The number of carbonyl (C=O) groups excluding carboxylic acids is 1. The summed E-state index contributed by atoms with van der Waals surface area (Å²) in [5, 5.41) is 8.57. The van der Waals surface area contributed by atoms with Crippen molar-refractivity contribution in [1.82, 2.24) is 20.7 Å². The number of sulfonamides is 1. The fourth-order valence-electron chi connectivity index (χ4n) is 1.37. The smallest absolute Gasteiger partial charge is 0.407 e. The number of rotatable bonds is 8. The Labute approximate surface area is 161 Å². The third kappa shape index (κ3) is 14.8. The van der Waals surface area contributed by atoms with E-state index in [0.717, 1.165) is 0 Å². The van der Waals surface area contributed by atoms with Gasteiger partial charge in [-0.05, 0) is 27.7 Å². The van der Waals surface area contributed by atoms with E-state index in [1.807, 2.05) is 0 Å². The van der Waals surface area contributed by atoms with Gasteiger partial charge in [0.05, 0.1) is 5.75 Å². The summed E-state index contributed by atoms with van der Waals surface area (Å²) in [6, 6.07) is 0. The highest BCUT2D eigenvalue weighted by Gasteiger charge is 2.15. The van der Waals surface area contributed by atoms with E-state index in [1.54, 1.807) is 34.7 Å². The molecule has 144 valence electrons. The summed E-state index contributed by atoms with van der Waals surface area (Å²) in [7, 11) is -1.58. The molecule has 0 fully saturated rings. The summed E-state index contributed by atoms with van der Waals surface area (Å²) in [6.07, 6.45) is -0.476. The Hall–Kier alpha value is -0.820. The number of halogens is 1. The first-order valence-electron chi connectivity index (χ1n) is 7.48. The standard InChI is InChI=1S/C13H29N5O4S.HI/c1-6-23(20,21)18-10-9-16-11(14-5)15-7-8-17-12(19)22-13(2,3)4;/h18H,6-10H2,1-5H3,(H,17,19)(H2,14,15,16);1H. The summed E-state index contributed by atoms with van der Waals surface area (Å²) in [5.74, 6) is 0.572. The van der Waals surface area contributed by atoms with Gasteiger partial charge >= 0.3 is 6.09 Å². The number of alkyl carbamates (subject to hydrolysis) is 1. The first-order valence-corrected chi connectivity index (χ1v) is 9.13. The van der Waals surface area contributed by atoms with Gasteiger partial charge in [-0.3, -0.25) is 4.99 Å². The van der Waals surface area contributed by atoms with Crippen LogP contribution in [0.5, 0.6) is 0 Å². The maximum Gasteiger partial charge on any atom is 0.407 e. The maximum absolute atomic E-state index is 11.4. The minimum absolute atomic E-state index is 0. The molecule has 0 saturated carbocycles. The highest BCUT2D eigenvalue weighted by atomic mass is 127. The number of ether oxygens (including phenoxy) is 1. The maximum atomic E-state index is 11.4. The normalized spacial score (nSPS) is 12.1. The predicted molar refractivity (Wildman–Crippen MR) is 106 cm³/mol. The molecule has 0 atom stereocenters. The van der Waals surface area contributed by atoms with Gasteiger partial charge in [0.1, 0.15) is 5.60 Å². The lowest BCUT2D eigenvalue weighted by Gasteiger charge is -2.19. The van der Waals surface area contributed by atoms with Crippen LogP contribution in [0, 0.1) is 0 Å². The molecule has 0 heterocycles. The van der Waals surface area contributed by atoms with Gasteiger partial charge < -0.3 is 20.7 Å². The Morgan fingerprint density at radius 1 is 1.04 bits per heavy atom. The lowest BCUT2D eigenvalue weighted by atomic mass is 10.2. The Morgan fingerprint density at radius 2 is 1.54 bits per heavy atom. The van der Waals surface area contributed by atoms with Crippen LogP contribution in [-0.4, -0.2) is 65.1 Å². The third-order valence-corrected chi connectivity index (χ3v) is 3.83. The zero-order valence-electron chi connectivity index (χ0n) is 14.9. The van der Waals surface area contributed by atoms with Crippen LogP contribution in [0.25, 0.3) is 0 Å². The van der Waals surface area contributed by atoms with Gasteiger partial charge in [0.2, 0.25) is 10.0 Å². The van der Waals surface area contributed by atoms with Crippen LogP contribution >= 0.6 is 24.0 Å². The minimum Gasteiger partial charge on any atom is -0.444 e. The highest BCUT2D eigenvalue weighted by Crippen LogP contribution is 2.05. The van der Waals surface area contributed by atoms with Gasteiger partial charge in [0.15, 0.2) is 5.96 Å². The van der Waals surface area contributed by atoms with E-state index >= 15 is 0 Å². The average Bonchev–Trinajstić information content (AvgIpc) is 2.43. The molecule has 0 aliphatic carbocycles. The zero-order valence-corrected chi connectivity index (χ0v) is 18.1. The summed E-state index contributed by atoms with van der Waals surface area (Å²) in [6.45, 7) is 8.47. The van der Waals surface area contributed by atoms with E-state index in [-0.39, 0.29) is 36.3 Å². The number of guanidine groups is 1. The lowest BCUT2D eigenvalue weighted by Crippen LogP contribution is -2.44. The molecule has 0 aliphatic heterocycles. The first-order chi connectivity index (χ1) is 10.6. The van der Waals surface area contributed by atoms with Crippen molar-refractivity contribution in [2.24, 2.45) is 4.99 Å². The fraction of sp³-hybridized carbons (Fsp3) is 0.846. The molecular weight excluding hydrogens is 449 g/mol. The van der Waals surface area contributed by atoms with E-state index in [1.165, 1.54) is 0 Å². The largest absolute Gasteiger partial charge is 0.444 e. The summed E-state index contributed by atoms with van der Waals surface area (Å²) in [5.41, 5.74) is -0.527. The average molecular weight is 479 g/mol. The van der Waals surface area contributed by atoms with Gasteiger partial charge in [-0.1, -0.05) is 0 Å². The lowest BCUT2D eigenvalue weighted by molar-refractivity contribution is 0.0529. The second-order valence-corrected chi connectivity index (χ2v) is 7.75. The molecule has 0 spiro atoms. The van der Waals surface area contributed by atoms with Gasteiger partial charge in [-0.25, -0.2) is 17.9 Å². The third-order valence-electron chi connectivity index (χ3n) is 2.43. The van der Waals surface area contributed by atoms with Crippen LogP contribution in [0.2, 0.25) is 0 Å². The predicted octanol–water partition coefficient (Wildman–Crippen LogP) is 0.233. The van der Waals surface area contributed by atoms with Gasteiger partial charge in [0.25, 0.3) is 0 Å². The van der Waals surface area contributed by atoms with Crippen LogP contribution < -0.4 is 20.7 Å². The molecule has 24 heavy (non-hydrogen) atoms. The number of hydrogen-bond donors (Lipinski definition) is 4. The molecule has 0 unspecified atom stereocenters. The van der Waals surface area contributed by atoms with Crippen LogP contribution in [0.15, 0.2) is 4.99 Å². The van der Waals surface area contributed by atoms with Crippen LogP contribution in [0.4, 0.5) is 4.79 Å². The van der Waals surface area contributed by atoms with Gasteiger partial charge in [-0.15, -0.1) is 24.0 Å². The van der Waals surface area contributed by atoms with Crippen molar-refractivity contribution in [2.45, 2.75) is 33.3 Å². The molecule has 0 aromatic heterocycles. The van der Waals surface area contributed by atoms with Crippen molar-refractivity contribution < 1.29 is 17.9 Å². The number of nitrogens with one attached hydrogen (secondary N) is 4. The fourth-order valence-corrected chi connectivity index (χ4v) is 1.99. The number of nitrogens with zero attached hydrogens (tertiary/aromatic N) is 1. The SMILES string of the molecule is CCS(=O)(=O)NCCNC(=NC)NCCNC(=O)OC(C)(C)C.I. The monoisotopic (exact) mass is 479 g/mol. The zero-order chi connectivity index (χ0) is 17.9. The molecule has 0 aliphatic rings. The highest BCUT2D eigenvalue weighted by molar-refractivity contribution is 14.0. The van der Waals surface area contributed by atoms with E-state index in [4.69, 9.17) is 4.74 Å². The summed E-state index contributed by atoms with van der Waals surface area (Å²) >= 11 is 0. The molecular formula is C13H30IN5O4S. The molecule has 1 amide bonds. The number of carbonyl (C=O) groups is 1.